The molecule has 0 N–H and O–H groups in total. The van der Waals surface area contributed by atoms with Crippen LogP contribution in [0.5, 0.6) is 5.75 Å². The van der Waals surface area contributed by atoms with Crippen LogP contribution in [-0.2, 0) is 18.9 Å². The molecule has 0 spiro atoms. The summed E-state index contributed by atoms with van der Waals surface area (Å²) in [5.74, 6) is 0.470. The van der Waals surface area contributed by atoms with Crippen LogP contribution < -0.4 is 4.74 Å². The molecular formula is C10H15N3O5SSi. The van der Waals surface area contributed by atoms with Gasteiger partial charge in [0, 0.05) is 23.7 Å². The first-order chi connectivity index (χ1) is 9.37. The van der Waals surface area contributed by atoms with Crippen LogP contribution in [-0.4, -0.2) is 37.4 Å². The average Bonchev–Trinajstić information content (AvgIpc) is 2.45. The largest absolute Gasteiger partial charge is 0.492 e. The first-order valence-corrected chi connectivity index (χ1v) is 9.48. The van der Waals surface area contributed by atoms with Crippen molar-refractivity contribution in [2.75, 3.05) is 20.4 Å². The van der Waals surface area contributed by atoms with Gasteiger partial charge < -0.3 is 13.6 Å². The summed E-state index contributed by atoms with van der Waals surface area (Å²) in [6, 6.07) is 5.55. The lowest BCUT2D eigenvalue weighted by Crippen LogP contribution is -2.43. The summed E-state index contributed by atoms with van der Waals surface area (Å²) in [4.78, 5) is 2.18. The molecule has 0 atom stereocenters. The maximum atomic E-state index is 11.5. The van der Waals surface area contributed by atoms with Gasteiger partial charge in [0.2, 0.25) is 0 Å². The van der Waals surface area contributed by atoms with Crippen LogP contribution in [0.4, 0.5) is 0 Å². The van der Waals surface area contributed by atoms with Crippen LogP contribution in [0.25, 0.3) is 10.4 Å². The fourth-order valence-electron chi connectivity index (χ4n) is 1.22. The topological polar surface area (TPSA) is 111 Å². The highest BCUT2D eigenvalue weighted by Gasteiger charge is 2.30. The average molecular weight is 317 g/mol. The van der Waals surface area contributed by atoms with Gasteiger partial charge in [-0.3, -0.25) is 0 Å². The van der Waals surface area contributed by atoms with E-state index in [9.17, 15) is 8.42 Å². The summed E-state index contributed by atoms with van der Waals surface area (Å²) < 4.78 is 41.7. The number of hydrogen-bond acceptors (Lipinski definition) is 5. The Hall–Kier alpha value is -1.58. The Bertz CT molecular complexity index is 594. The van der Waals surface area contributed by atoms with E-state index in [0.29, 0.717) is 5.75 Å². The van der Waals surface area contributed by atoms with Crippen LogP contribution in [0.15, 0.2) is 33.7 Å². The van der Waals surface area contributed by atoms with Crippen LogP contribution in [0, 0.1) is 0 Å². The maximum Gasteiger partial charge on any atom is 0.373 e. The van der Waals surface area contributed by atoms with Gasteiger partial charge in [-0.15, -0.1) is 0 Å². The molecule has 0 aliphatic carbocycles. The SMILES string of the molecule is CO[Si](C)(COc1ccc(S(=O)(=O)N=[N+]=[N-])cc1)OC. The third kappa shape index (κ3) is 4.22. The summed E-state index contributed by atoms with van der Waals surface area (Å²) in [6.45, 7) is 1.84. The van der Waals surface area contributed by atoms with Gasteiger partial charge >= 0.3 is 8.56 Å². The number of azide groups is 1. The van der Waals surface area contributed by atoms with E-state index in [0.717, 1.165) is 0 Å². The second-order valence-corrected chi connectivity index (χ2v) is 8.91. The maximum absolute atomic E-state index is 11.5. The molecule has 0 saturated heterocycles. The standard InChI is InChI=1S/C10H15N3O5SSi/c1-16-20(3,17-2)8-18-9-4-6-10(7-5-9)19(14,15)13-12-11/h4-7H,8H2,1-3H3. The zero-order valence-corrected chi connectivity index (χ0v) is 13.1. The molecule has 8 nitrogen and oxygen atoms in total. The number of sulfonamides is 1. The predicted molar refractivity (Wildman–Crippen MR) is 73.9 cm³/mol. The van der Waals surface area contributed by atoms with Gasteiger partial charge in [0.1, 0.15) is 12.0 Å². The van der Waals surface area contributed by atoms with Crippen molar-refractivity contribution in [1.82, 2.24) is 0 Å². The summed E-state index contributed by atoms with van der Waals surface area (Å²) in [5, 5.41) is 0. The lowest BCUT2D eigenvalue weighted by Gasteiger charge is -2.22. The highest BCUT2D eigenvalue weighted by atomic mass is 32.2. The van der Waals surface area contributed by atoms with Crippen molar-refractivity contribution in [3.05, 3.63) is 34.7 Å². The van der Waals surface area contributed by atoms with Crippen molar-refractivity contribution >= 4 is 18.6 Å². The molecule has 0 aliphatic heterocycles. The van der Waals surface area contributed by atoms with Crippen molar-refractivity contribution in [3.8, 4) is 5.75 Å². The highest BCUT2D eigenvalue weighted by Crippen LogP contribution is 2.19. The van der Waals surface area contributed by atoms with Gasteiger partial charge in [-0.25, -0.2) is 8.42 Å². The normalized spacial score (nSPS) is 11.8. The van der Waals surface area contributed by atoms with Crippen LogP contribution in [0.3, 0.4) is 0 Å². The molecule has 110 valence electrons. The van der Waals surface area contributed by atoms with E-state index in [-0.39, 0.29) is 11.1 Å². The lowest BCUT2D eigenvalue weighted by atomic mass is 10.3. The van der Waals surface area contributed by atoms with Gasteiger partial charge in [-0.2, -0.15) is 0 Å². The van der Waals surface area contributed by atoms with Crippen molar-refractivity contribution in [2.45, 2.75) is 11.4 Å². The molecule has 0 fully saturated rings. The van der Waals surface area contributed by atoms with Gasteiger partial charge in [-0.05, 0) is 36.3 Å². The Morgan fingerprint density at radius 2 is 1.80 bits per heavy atom. The predicted octanol–water partition coefficient (Wildman–Crippen LogP) is 1.97. The molecular weight excluding hydrogens is 302 g/mol. The monoisotopic (exact) mass is 317 g/mol. The molecule has 0 saturated carbocycles. The minimum atomic E-state index is -3.97. The van der Waals surface area contributed by atoms with E-state index in [1.54, 1.807) is 14.2 Å². The molecule has 0 radical (unpaired) electrons. The first kappa shape index (κ1) is 16.5. The van der Waals surface area contributed by atoms with Crippen LogP contribution >= 0.6 is 0 Å². The van der Waals surface area contributed by atoms with E-state index >= 15 is 0 Å². The fourth-order valence-corrected chi connectivity index (χ4v) is 2.72. The van der Waals surface area contributed by atoms with Crippen molar-refractivity contribution in [2.24, 2.45) is 4.52 Å². The summed E-state index contributed by atoms with van der Waals surface area (Å²) in [5.41, 5.74) is 8.18. The van der Waals surface area contributed by atoms with E-state index in [4.69, 9.17) is 19.1 Å². The first-order valence-electron chi connectivity index (χ1n) is 5.51. The fraction of sp³-hybridized carbons (Fsp3) is 0.400. The molecule has 0 aliphatic rings. The third-order valence-electron chi connectivity index (χ3n) is 2.63. The molecule has 0 amide bonds. The Kier molecular flexibility index (Phi) is 5.54. The molecule has 0 bridgehead atoms. The summed E-state index contributed by atoms with van der Waals surface area (Å²) >= 11 is 0. The van der Waals surface area contributed by atoms with Gasteiger partial charge in [0.15, 0.2) is 0 Å². The molecule has 1 aromatic carbocycles. The molecule has 1 aromatic rings. The Morgan fingerprint density at radius 3 is 2.25 bits per heavy atom. The Balaban J connectivity index is 2.81. The quantitative estimate of drug-likeness (QED) is 0.330. The Morgan fingerprint density at radius 1 is 1.25 bits per heavy atom. The van der Waals surface area contributed by atoms with E-state index < -0.39 is 18.6 Å². The molecule has 20 heavy (non-hydrogen) atoms. The smallest absolute Gasteiger partial charge is 0.373 e. The zero-order valence-electron chi connectivity index (χ0n) is 11.3. The van der Waals surface area contributed by atoms with Crippen molar-refractivity contribution < 1.29 is 22.0 Å². The number of nitrogens with zero attached hydrogens (tertiary/aromatic N) is 3. The Labute approximate surface area is 118 Å². The molecule has 10 heteroatoms. The van der Waals surface area contributed by atoms with E-state index in [2.05, 4.69) is 9.43 Å². The number of ether oxygens (including phenoxy) is 1. The number of rotatable bonds is 7. The van der Waals surface area contributed by atoms with Gasteiger partial charge in [-0.1, -0.05) is 0 Å². The summed E-state index contributed by atoms with van der Waals surface area (Å²) in [6.07, 6.45) is 0.266. The van der Waals surface area contributed by atoms with Crippen molar-refractivity contribution in [3.63, 3.8) is 0 Å². The lowest BCUT2D eigenvalue weighted by molar-refractivity contribution is 0.212. The number of benzene rings is 1. The molecule has 1 rings (SSSR count). The molecule has 0 unspecified atom stereocenters. The van der Waals surface area contributed by atoms with Gasteiger partial charge in [0.25, 0.3) is 10.0 Å². The second-order valence-electron chi connectivity index (χ2n) is 3.95. The number of hydrogen-bond donors (Lipinski definition) is 0. The van der Waals surface area contributed by atoms with Crippen molar-refractivity contribution in [1.29, 1.82) is 0 Å². The summed E-state index contributed by atoms with van der Waals surface area (Å²) in [7, 11) is -3.22. The minimum Gasteiger partial charge on any atom is -0.492 e. The minimum absolute atomic E-state index is 0.0962. The van der Waals surface area contributed by atoms with Crippen LogP contribution in [0.2, 0.25) is 6.55 Å². The van der Waals surface area contributed by atoms with E-state index in [1.807, 2.05) is 6.55 Å². The highest BCUT2D eigenvalue weighted by molar-refractivity contribution is 7.90. The van der Waals surface area contributed by atoms with Crippen LogP contribution in [0.1, 0.15) is 0 Å². The van der Waals surface area contributed by atoms with Gasteiger partial charge in [0.05, 0.1) is 4.90 Å². The second kappa shape index (κ2) is 6.73. The molecule has 0 heterocycles. The third-order valence-corrected chi connectivity index (χ3v) is 6.18. The van der Waals surface area contributed by atoms with E-state index in [1.165, 1.54) is 24.3 Å². The molecule has 0 aromatic heterocycles. The zero-order chi connectivity index (χ0) is 15.2.